The van der Waals surface area contributed by atoms with E-state index < -0.39 is 16.1 Å². The first-order valence-electron chi connectivity index (χ1n) is 7.80. The maximum Gasteiger partial charge on any atom is 0.131 e. The minimum atomic E-state index is -1.56. The van der Waals surface area contributed by atoms with Gasteiger partial charge in [0, 0.05) is 0 Å². The molecular weight excluding hydrogens is 276 g/mol. The van der Waals surface area contributed by atoms with E-state index in [1.807, 2.05) is 0 Å². The molecule has 0 radical (unpaired) electrons. The molecule has 0 atom stereocenters. The van der Waals surface area contributed by atoms with Gasteiger partial charge >= 0.3 is 0 Å². The lowest BCUT2D eigenvalue weighted by atomic mass is 10.2. The summed E-state index contributed by atoms with van der Waals surface area (Å²) in [7, 11) is -3.13. The lowest BCUT2D eigenvalue weighted by molar-refractivity contribution is 0.337. The summed E-state index contributed by atoms with van der Waals surface area (Å²) in [5.74, 6) is 0. The smallest absolute Gasteiger partial charge is 0.131 e. The molecular formula is C17H34OSi2. The Bertz CT molecular complexity index is 389. The van der Waals surface area contributed by atoms with Gasteiger partial charge in [0.2, 0.25) is 0 Å². The Balaban J connectivity index is 3.06. The van der Waals surface area contributed by atoms with Crippen LogP contribution >= 0.6 is 0 Å². The van der Waals surface area contributed by atoms with Crippen molar-refractivity contribution in [1.82, 2.24) is 0 Å². The van der Waals surface area contributed by atoms with Gasteiger partial charge in [-0.3, -0.25) is 0 Å². The van der Waals surface area contributed by atoms with Crippen LogP contribution in [0.5, 0.6) is 0 Å². The minimum Gasteiger partial charge on any atom is -0.477 e. The molecule has 116 valence electrons. The lowest BCUT2D eigenvalue weighted by Crippen LogP contribution is -2.45. The van der Waals surface area contributed by atoms with Gasteiger partial charge < -0.3 is 4.74 Å². The third kappa shape index (κ3) is 3.14. The van der Waals surface area contributed by atoms with Crippen LogP contribution in [0.25, 0.3) is 0 Å². The molecule has 1 rings (SSSR count). The van der Waals surface area contributed by atoms with E-state index >= 15 is 0 Å². The molecule has 0 fully saturated rings. The molecule has 0 spiro atoms. The second-order valence-electron chi connectivity index (χ2n) is 9.22. The maximum atomic E-state index is 6.51. The number of hydrogen-bond donors (Lipinski definition) is 0. The Morgan fingerprint density at radius 3 is 1.30 bits per heavy atom. The quantitative estimate of drug-likeness (QED) is 0.546. The number of hydrogen-bond acceptors (Lipinski definition) is 1. The molecule has 0 saturated heterocycles. The highest BCUT2D eigenvalue weighted by molar-refractivity contribution is 6.88. The number of ether oxygens (including phenoxy) is 1. The first kappa shape index (κ1) is 17.8. The van der Waals surface area contributed by atoms with Crippen molar-refractivity contribution in [1.29, 1.82) is 0 Å². The minimum absolute atomic E-state index is 0.328. The zero-order valence-electron chi connectivity index (χ0n) is 15.3. The highest BCUT2D eigenvalue weighted by Gasteiger charge is 2.45. The van der Waals surface area contributed by atoms with E-state index in [4.69, 9.17) is 4.74 Å². The van der Waals surface area contributed by atoms with Gasteiger partial charge in [-0.15, -0.1) is 0 Å². The van der Waals surface area contributed by atoms with Crippen molar-refractivity contribution in [3.05, 3.63) is 22.9 Å². The summed E-state index contributed by atoms with van der Waals surface area (Å²) < 4.78 is 6.51. The molecule has 1 heterocycles. The van der Waals surface area contributed by atoms with E-state index in [-0.39, 0.29) is 0 Å². The summed E-state index contributed by atoms with van der Waals surface area (Å²) in [6, 6.07) is 0. The second kappa shape index (κ2) is 5.17. The highest BCUT2D eigenvalue weighted by Crippen LogP contribution is 2.46. The van der Waals surface area contributed by atoms with E-state index in [1.165, 1.54) is 10.8 Å². The summed E-state index contributed by atoms with van der Waals surface area (Å²) in [5.41, 5.74) is 0. The molecule has 0 aromatic carbocycles. The molecule has 20 heavy (non-hydrogen) atoms. The summed E-state index contributed by atoms with van der Waals surface area (Å²) >= 11 is 0. The Kier molecular flexibility index (Phi) is 4.59. The van der Waals surface area contributed by atoms with Crippen molar-refractivity contribution in [2.24, 2.45) is 0 Å². The molecule has 0 aromatic rings. The van der Waals surface area contributed by atoms with E-state index in [0.717, 1.165) is 6.42 Å². The first-order valence-corrected chi connectivity index (χ1v) is 13.8. The van der Waals surface area contributed by atoms with Gasteiger partial charge in [-0.2, -0.15) is 0 Å². The Morgan fingerprint density at radius 2 is 1.05 bits per heavy atom. The average molecular weight is 311 g/mol. The van der Waals surface area contributed by atoms with E-state index in [1.54, 1.807) is 0 Å². The molecule has 0 bridgehead atoms. The molecule has 0 N–H and O–H groups in total. The first-order chi connectivity index (χ1) is 8.71. The van der Waals surface area contributed by atoms with Crippen molar-refractivity contribution in [2.75, 3.05) is 0 Å². The fourth-order valence-corrected chi connectivity index (χ4v) is 5.55. The second-order valence-corrected chi connectivity index (χ2v) is 19.7. The van der Waals surface area contributed by atoms with Gasteiger partial charge in [0.05, 0.1) is 10.8 Å². The molecule has 0 aromatic heterocycles. The Morgan fingerprint density at radius 1 is 0.750 bits per heavy atom. The van der Waals surface area contributed by atoms with Crippen LogP contribution < -0.4 is 0 Å². The standard InChI is InChI=1S/C17H34OSi2/c1-16(2,3)19(7,8)14-12-11-13-15(18-14)20(9,10)17(4,5)6/h12-13H,11H2,1-10H3. The predicted molar refractivity (Wildman–Crippen MR) is 96.3 cm³/mol. The van der Waals surface area contributed by atoms with Gasteiger partial charge in [-0.05, 0) is 28.6 Å². The molecule has 0 unspecified atom stereocenters. The Hall–Kier alpha value is -0.286. The molecule has 1 nitrogen and oxygen atoms in total. The molecule has 1 aliphatic rings. The van der Waals surface area contributed by atoms with Crippen molar-refractivity contribution in [3.8, 4) is 0 Å². The Labute approximate surface area is 128 Å². The fraction of sp³-hybridized carbons (Fsp3) is 0.765. The fourth-order valence-electron chi connectivity index (χ4n) is 1.98. The predicted octanol–water partition coefficient (Wildman–Crippen LogP) is 6.27. The average Bonchev–Trinajstić information content (AvgIpc) is 2.26. The number of rotatable bonds is 2. The highest BCUT2D eigenvalue weighted by atomic mass is 28.3. The van der Waals surface area contributed by atoms with Gasteiger partial charge in [0.15, 0.2) is 0 Å². The molecule has 0 amide bonds. The van der Waals surface area contributed by atoms with Crippen LogP contribution in [0.3, 0.4) is 0 Å². The van der Waals surface area contributed by atoms with Crippen molar-refractivity contribution < 1.29 is 4.74 Å². The van der Waals surface area contributed by atoms with Crippen molar-refractivity contribution >= 4 is 16.1 Å². The normalized spacial score (nSPS) is 18.3. The van der Waals surface area contributed by atoms with E-state index in [2.05, 4.69) is 79.9 Å². The number of allylic oxidation sites excluding steroid dienone is 2. The summed E-state index contributed by atoms with van der Waals surface area (Å²) in [6.07, 6.45) is 5.70. The van der Waals surface area contributed by atoms with Crippen LogP contribution in [0.15, 0.2) is 22.9 Å². The van der Waals surface area contributed by atoms with Crippen LogP contribution in [0, 0.1) is 0 Å². The molecule has 3 heteroatoms. The van der Waals surface area contributed by atoms with Crippen molar-refractivity contribution in [2.45, 2.75) is 84.2 Å². The van der Waals surface area contributed by atoms with E-state index in [9.17, 15) is 0 Å². The van der Waals surface area contributed by atoms with Gasteiger partial charge in [0.25, 0.3) is 0 Å². The monoisotopic (exact) mass is 310 g/mol. The van der Waals surface area contributed by atoms with Crippen LogP contribution in [0.1, 0.15) is 48.0 Å². The zero-order valence-corrected chi connectivity index (χ0v) is 17.3. The third-order valence-electron chi connectivity index (χ3n) is 5.81. The SMILES string of the molecule is CC(C)(C)[Si](C)(C)C1=CCC=C([Si](C)(C)C(C)(C)C)O1. The van der Waals surface area contributed by atoms with Crippen LogP contribution in [0.4, 0.5) is 0 Å². The van der Waals surface area contributed by atoms with Gasteiger partial charge in [0.1, 0.15) is 16.1 Å². The molecule has 1 aliphatic heterocycles. The topological polar surface area (TPSA) is 9.23 Å². The lowest BCUT2D eigenvalue weighted by Gasteiger charge is -2.44. The third-order valence-corrected chi connectivity index (χ3v) is 16.4. The summed E-state index contributed by atoms with van der Waals surface area (Å²) in [5, 5.41) is 3.25. The van der Waals surface area contributed by atoms with Crippen LogP contribution in [0.2, 0.25) is 36.3 Å². The van der Waals surface area contributed by atoms with Crippen molar-refractivity contribution in [3.63, 3.8) is 0 Å². The van der Waals surface area contributed by atoms with Gasteiger partial charge in [-0.25, -0.2) is 0 Å². The van der Waals surface area contributed by atoms with Crippen LogP contribution in [-0.4, -0.2) is 16.1 Å². The molecule has 0 saturated carbocycles. The molecule has 0 aliphatic carbocycles. The largest absolute Gasteiger partial charge is 0.477 e. The summed E-state index contributed by atoms with van der Waals surface area (Å²) in [4.78, 5) is 0. The van der Waals surface area contributed by atoms with Gasteiger partial charge in [-0.1, -0.05) is 67.7 Å². The summed E-state index contributed by atoms with van der Waals surface area (Å²) in [6.45, 7) is 23.9. The van der Waals surface area contributed by atoms with Crippen LogP contribution in [-0.2, 0) is 4.74 Å². The van der Waals surface area contributed by atoms with E-state index in [0.29, 0.717) is 10.1 Å². The maximum absolute atomic E-state index is 6.51. The zero-order chi connectivity index (χ0) is 16.0.